The molecule has 0 saturated heterocycles. The predicted octanol–water partition coefficient (Wildman–Crippen LogP) is 1.37. The van der Waals surface area contributed by atoms with E-state index in [2.05, 4.69) is 9.82 Å². The second-order valence-electron chi connectivity index (χ2n) is 5.12. The number of aryl methyl sites for hydroxylation is 1. The van der Waals surface area contributed by atoms with Gasteiger partial charge in [-0.25, -0.2) is 13.1 Å². The molecule has 0 saturated carbocycles. The molecule has 0 aliphatic heterocycles. The fourth-order valence-corrected chi connectivity index (χ4v) is 3.22. The van der Waals surface area contributed by atoms with E-state index in [1.54, 1.807) is 7.05 Å². The van der Waals surface area contributed by atoms with E-state index in [0.29, 0.717) is 19.4 Å². The minimum absolute atomic E-state index is 0.125. The molecule has 1 aromatic heterocycles. The molecule has 7 nitrogen and oxygen atoms in total. The molecule has 1 rings (SSSR count). The molecule has 0 radical (unpaired) electrons. The fraction of sp³-hybridized carbons (Fsp3) is 0.692. The Hall–Kier alpha value is -1.41. The van der Waals surface area contributed by atoms with Gasteiger partial charge in [0.2, 0.25) is 10.0 Å². The Kier molecular flexibility index (Phi) is 6.83. The van der Waals surface area contributed by atoms with Crippen molar-refractivity contribution in [3.63, 3.8) is 0 Å². The van der Waals surface area contributed by atoms with E-state index in [1.807, 2.05) is 6.92 Å². The van der Waals surface area contributed by atoms with Crippen LogP contribution in [0.2, 0.25) is 0 Å². The highest BCUT2D eigenvalue weighted by atomic mass is 32.2. The number of carboxylic acids is 1. The monoisotopic (exact) mass is 317 g/mol. The van der Waals surface area contributed by atoms with Gasteiger partial charge in [0, 0.05) is 26.2 Å². The summed E-state index contributed by atoms with van der Waals surface area (Å²) < 4.78 is 28.0. The molecule has 1 heterocycles. The first-order chi connectivity index (χ1) is 9.85. The molecule has 0 bridgehead atoms. The maximum absolute atomic E-state index is 12.0. The third-order valence-corrected chi connectivity index (χ3v) is 4.72. The van der Waals surface area contributed by atoms with Crippen LogP contribution in [-0.2, 0) is 21.9 Å². The highest BCUT2D eigenvalue weighted by molar-refractivity contribution is 7.89. The Morgan fingerprint density at radius 3 is 2.67 bits per heavy atom. The van der Waals surface area contributed by atoms with E-state index in [1.165, 1.54) is 17.1 Å². The summed E-state index contributed by atoms with van der Waals surface area (Å²) in [5.74, 6) is -0.588. The molecule has 0 amide bonds. The number of aliphatic carboxylic acids is 1. The van der Waals surface area contributed by atoms with Crippen molar-refractivity contribution >= 4 is 16.0 Å². The van der Waals surface area contributed by atoms with Crippen LogP contribution in [-0.4, -0.2) is 35.8 Å². The molecule has 1 atom stereocenters. The lowest BCUT2D eigenvalue weighted by atomic mass is 9.95. The minimum Gasteiger partial charge on any atom is -0.481 e. The Labute approximate surface area is 125 Å². The van der Waals surface area contributed by atoms with Crippen LogP contribution < -0.4 is 4.72 Å². The Morgan fingerprint density at radius 1 is 1.43 bits per heavy atom. The van der Waals surface area contributed by atoms with Crippen LogP contribution >= 0.6 is 0 Å². The number of hydrogen-bond donors (Lipinski definition) is 2. The fourth-order valence-electron chi connectivity index (χ4n) is 2.19. The molecule has 1 aromatic rings. The summed E-state index contributed by atoms with van der Waals surface area (Å²) in [5.41, 5.74) is 0. The first-order valence-corrected chi connectivity index (χ1v) is 8.53. The molecule has 0 aliphatic rings. The molecule has 8 heteroatoms. The smallest absolute Gasteiger partial charge is 0.303 e. The van der Waals surface area contributed by atoms with Gasteiger partial charge >= 0.3 is 5.97 Å². The molecule has 1 unspecified atom stereocenters. The number of rotatable bonds is 10. The van der Waals surface area contributed by atoms with Crippen LogP contribution in [0, 0.1) is 5.92 Å². The van der Waals surface area contributed by atoms with Crippen molar-refractivity contribution in [1.82, 2.24) is 14.5 Å². The number of carboxylic acid groups (broad SMARTS) is 1. The number of carbonyl (C=O) groups is 1. The van der Waals surface area contributed by atoms with Crippen molar-refractivity contribution < 1.29 is 18.3 Å². The molecule has 0 aromatic carbocycles. The molecule has 2 N–H and O–H groups in total. The number of aromatic nitrogens is 2. The second-order valence-corrected chi connectivity index (χ2v) is 6.89. The largest absolute Gasteiger partial charge is 0.481 e. The summed E-state index contributed by atoms with van der Waals surface area (Å²) in [4.78, 5) is 10.7. The standard InChI is InChI=1S/C13H23N3O4S/c1-3-4-11(5-6-13(17)18)7-8-15-21(19,20)12-9-14-16(2)10-12/h9-11,15H,3-8H2,1-2H3,(H,17,18). The molecular formula is C13H23N3O4S. The van der Waals surface area contributed by atoms with Gasteiger partial charge in [-0.3, -0.25) is 9.48 Å². The Bertz CT molecular complexity index is 554. The third-order valence-electron chi connectivity index (χ3n) is 3.30. The average molecular weight is 317 g/mol. The van der Waals surface area contributed by atoms with E-state index >= 15 is 0 Å². The van der Waals surface area contributed by atoms with Crippen LogP contribution in [0.4, 0.5) is 0 Å². The molecule has 0 fully saturated rings. The van der Waals surface area contributed by atoms with Gasteiger partial charge in [-0.1, -0.05) is 19.8 Å². The van der Waals surface area contributed by atoms with Crippen molar-refractivity contribution in [3.8, 4) is 0 Å². The first kappa shape index (κ1) is 17.6. The topological polar surface area (TPSA) is 101 Å². The highest BCUT2D eigenvalue weighted by Crippen LogP contribution is 2.17. The Balaban J connectivity index is 2.47. The van der Waals surface area contributed by atoms with Crippen molar-refractivity contribution in [3.05, 3.63) is 12.4 Å². The van der Waals surface area contributed by atoms with E-state index in [9.17, 15) is 13.2 Å². The second kappa shape index (κ2) is 8.14. The van der Waals surface area contributed by atoms with Crippen molar-refractivity contribution in [2.24, 2.45) is 13.0 Å². The van der Waals surface area contributed by atoms with Gasteiger partial charge in [-0.15, -0.1) is 0 Å². The van der Waals surface area contributed by atoms with Gasteiger partial charge in [0.25, 0.3) is 0 Å². The molecule has 21 heavy (non-hydrogen) atoms. The average Bonchev–Trinajstić information content (AvgIpc) is 2.83. The van der Waals surface area contributed by atoms with Gasteiger partial charge in [-0.2, -0.15) is 5.10 Å². The normalized spacial score (nSPS) is 13.2. The van der Waals surface area contributed by atoms with Crippen LogP contribution in [0.5, 0.6) is 0 Å². The van der Waals surface area contributed by atoms with E-state index in [-0.39, 0.29) is 17.2 Å². The zero-order valence-electron chi connectivity index (χ0n) is 12.4. The lowest BCUT2D eigenvalue weighted by molar-refractivity contribution is -0.137. The SMILES string of the molecule is CCCC(CCNS(=O)(=O)c1cnn(C)c1)CCC(=O)O. The van der Waals surface area contributed by atoms with Gasteiger partial charge in [0.15, 0.2) is 0 Å². The number of nitrogens with one attached hydrogen (secondary N) is 1. The lowest BCUT2D eigenvalue weighted by Gasteiger charge is -2.15. The van der Waals surface area contributed by atoms with Crippen LogP contribution in [0.25, 0.3) is 0 Å². The first-order valence-electron chi connectivity index (χ1n) is 7.05. The highest BCUT2D eigenvalue weighted by Gasteiger charge is 2.17. The maximum atomic E-state index is 12.0. The summed E-state index contributed by atoms with van der Waals surface area (Å²) in [7, 11) is -1.88. The molecular weight excluding hydrogens is 294 g/mol. The number of sulfonamides is 1. The van der Waals surface area contributed by atoms with Crippen molar-refractivity contribution in [2.45, 2.75) is 43.9 Å². The molecule has 120 valence electrons. The predicted molar refractivity (Wildman–Crippen MR) is 78.3 cm³/mol. The van der Waals surface area contributed by atoms with Crippen molar-refractivity contribution in [1.29, 1.82) is 0 Å². The number of hydrogen-bond acceptors (Lipinski definition) is 4. The van der Waals surface area contributed by atoms with E-state index < -0.39 is 16.0 Å². The zero-order chi connectivity index (χ0) is 15.9. The summed E-state index contributed by atoms with van der Waals surface area (Å²) in [6.07, 6.45) is 5.95. The quantitative estimate of drug-likeness (QED) is 0.678. The van der Waals surface area contributed by atoms with Crippen LogP contribution in [0.1, 0.15) is 39.0 Å². The third kappa shape index (κ3) is 6.26. The van der Waals surface area contributed by atoms with Gasteiger partial charge < -0.3 is 5.11 Å². The number of nitrogens with zero attached hydrogens (tertiary/aromatic N) is 2. The van der Waals surface area contributed by atoms with Gasteiger partial charge in [0.05, 0.1) is 6.20 Å². The summed E-state index contributed by atoms with van der Waals surface area (Å²) in [6, 6.07) is 0. The Morgan fingerprint density at radius 2 is 2.14 bits per heavy atom. The van der Waals surface area contributed by atoms with Gasteiger partial charge in [0.1, 0.15) is 4.90 Å². The van der Waals surface area contributed by atoms with Crippen molar-refractivity contribution in [2.75, 3.05) is 6.54 Å². The lowest BCUT2D eigenvalue weighted by Crippen LogP contribution is -2.26. The van der Waals surface area contributed by atoms with Crippen LogP contribution in [0.15, 0.2) is 17.3 Å². The summed E-state index contributed by atoms with van der Waals surface area (Å²) in [5, 5.41) is 12.6. The van der Waals surface area contributed by atoms with Gasteiger partial charge in [-0.05, 0) is 18.8 Å². The summed E-state index contributed by atoms with van der Waals surface area (Å²) in [6.45, 7) is 2.34. The maximum Gasteiger partial charge on any atom is 0.303 e. The molecule has 0 aliphatic carbocycles. The van der Waals surface area contributed by atoms with Crippen LogP contribution in [0.3, 0.4) is 0 Å². The summed E-state index contributed by atoms with van der Waals surface area (Å²) >= 11 is 0. The van der Waals surface area contributed by atoms with E-state index in [4.69, 9.17) is 5.11 Å². The minimum atomic E-state index is -3.53. The zero-order valence-corrected chi connectivity index (χ0v) is 13.3. The molecule has 0 spiro atoms. The van der Waals surface area contributed by atoms with E-state index in [0.717, 1.165) is 12.8 Å².